The Balaban J connectivity index is 1.92. The molecule has 1 saturated heterocycles. The van der Waals surface area contributed by atoms with Gasteiger partial charge >= 0.3 is 5.97 Å². The lowest BCUT2D eigenvalue weighted by Gasteiger charge is -2.38. The molecule has 0 spiro atoms. The normalized spacial score (nSPS) is 19.2. The second-order valence-corrected chi connectivity index (χ2v) is 11.3. The molecule has 212 valence electrons. The molecule has 2 aromatic carbocycles. The largest absolute Gasteiger partial charge is 0.480 e. The second kappa shape index (κ2) is 13.1. The fraction of sp³-hybridized carbons (Fsp3) is 0.462. The molecule has 39 heavy (non-hydrogen) atoms. The first kappa shape index (κ1) is 30.2. The van der Waals surface area contributed by atoms with Gasteiger partial charge in [0, 0.05) is 7.05 Å². The smallest absolute Gasteiger partial charge is 0.328 e. The highest BCUT2D eigenvalue weighted by atomic mass is 32.2. The standard InChI is InChI=1S/C26H36N6O6S/c1-3-12-29-23(26(35)36)24(34)19(15-21(33)32(2)20-9-6-13-30-22(20)25(27)28)31-39(37,38)18-11-10-16-7-4-5-8-17(16)14-18/h4-5,7-8,10-11,14,19-20,22-23,29-31H,3,6,9,12-13,15H2,1-2H3,(H3,27,28)(H,35,36)/t19?,20?,22?,23-/m0/s1. The van der Waals surface area contributed by atoms with Gasteiger partial charge in [0.15, 0.2) is 11.8 Å². The molecule has 0 aliphatic carbocycles. The molecule has 1 aliphatic rings. The third-order valence-electron chi connectivity index (χ3n) is 6.83. The van der Waals surface area contributed by atoms with Crippen LogP contribution in [0.25, 0.3) is 10.8 Å². The van der Waals surface area contributed by atoms with Crippen LogP contribution in [0.5, 0.6) is 0 Å². The molecule has 4 atom stereocenters. The van der Waals surface area contributed by atoms with E-state index >= 15 is 0 Å². The van der Waals surface area contributed by atoms with Crippen molar-refractivity contribution in [1.82, 2.24) is 20.3 Å². The number of nitrogens with zero attached hydrogens (tertiary/aromatic N) is 1. The summed E-state index contributed by atoms with van der Waals surface area (Å²) in [5.41, 5.74) is 5.72. The van der Waals surface area contributed by atoms with Crippen molar-refractivity contribution in [3.05, 3.63) is 42.5 Å². The molecular weight excluding hydrogens is 524 g/mol. The van der Waals surface area contributed by atoms with Gasteiger partial charge in [-0.1, -0.05) is 37.3 Å². The molecule has 1 aliphatic heterocycles. The molecule has 3 rings (SSSR count). The molecule has 0 bridgehead atoms. The molecule has 12 nitrogen and oxygen atoms in total. The number of likely N-dealkylation sites (N-methyl/N-ethyl adjacent to an activating group) is 1. The summed E-state index contributed by atoms with van der Waals surface area (Å²) in [6, 6.07) is 7.16. The quantitative estimate of drug-likeness (QED) is 0.114. The first-order valence-electron chi connectivity index (χ1n) is 12.8. The second-order valence-electron chi connectivity index (χ2n) is 9.62. The summed E-state index contributed by atoms with van der Waals surface area (Å²) in [5, 5.41) is 24.8. The Bertz CT molecular complexity index is 1330. The van der Waals surface area contributed by atoms with Crippen molar-refractivity contribution in [3.8, 4) is 0 Å². The van der Waals surface area contributed by atoms with Gasteiger partial charge in [-0.25, -0.2) is 13.1 Å². The Hall–Kier alpha value is -3.39. The highest BCUT2D eigenvalue weighted by Crippen LogP contribution is 2.21. The van der Waals surface area contributed by atoms with Crippen molar-refractivity contribution >= 4 is 44.3 Å². The zero-order valence-electron chi connectivity index (χ0n) is 22.0. The molecule has 1 fully saturated rings. The third kappa shape index (κ3) is 7.38. The van der Waals surface area contributed by atoms with Crippen LogP contribution in [0.4, 0.5) is 0 Å². The zero-order chi connectivity index (χ0) is 28.7. The molecule has 13 heteroatoms. The van der Waals surface area contributed by atoms with Crippen molar-refractivity contribution in [2.45, 2.75) is 61.7 Å². The van der Waals surface area contributed by atoms with Gasteiger partial charge in [-0.3, -0.25) is 25.1 Å². The lowest BCUT2D eigenvalue weighted by Crippen LogP contribution is -2.60. The Morgan fingerprint density at radius 2 is 1.90 bits per heavy atom. The number of carbonyl (C=O) groups excluding carboxylic acids is 2. The number of carboxylic acids is 1. The number of Topliss-reactive ketones (excluding diaryl/α,β-unsaturated/α-hetero) is 1. The van der Waals surface area contributed by atoms with Gasteiger partial charge in [-0.2, -0.15) is 0 Å². The first-order valence-corrected chi connectivity index (χ1v) is 14.3. The average molecular weight is 561 g/mol. The minimum atomic E-state index is -4.32. The van der Waals surface area contributed by atoms with E-state index in [1.165, 1.54) is 24.1 Å². The number of piperidine rings is 1. The number of rotatable bonds is 13. The summed E-state index contributed by atoms with van der Waals surface area (Å²) in [5.74, 6) is -3.18. The number of nitrogens with two attached hydrogens (primary N) is 1. The van der Waals surface area contributed by atoms with Gasteiger partial charge < -0.3 is 21.1 Å². The molecule has 0 saturated carbocycles. The number of fused-ring (bicyclic) bond motifs is 1. The van der Waals surface area contributed by atoms with E-state index in [9.17, 15) is 27.9 Å². The number of nitrogens with one attached hydrogen (secondary N) is 4. The molecule has 1 heterocycles. The van der Waals surface area contributed by atoms with Crippen molar-refractivity contribution in [3.63, 3.8) is 0 Å². The van der Waals surface area contributed by atoms with Crippen LogP contribution in [0.1, 0.15) is 32.6 Å². The Morgan fingerprint density at radius 3 is 2.54 bits per heavy atom. The fourth-order valence-electron chi connectivity index (χ4n) is 4.70. The van der Waals surface area contributed by atoms with Crippen LogP contribution < -0.4 is 21.1 Å². The number of amides is 1. The lowest BCUT2D eigenvalue weighted by atomic mass is 9.95. The number of benzene rings is 2. The van der Waals surface area contributed by atoms with Crippen LogP contribution in [-0.4, -0.2) is 86.2 Å². The van der Waals surface area contributed by atoms with Crippen LogP contribution in [-0.2, 0) is 24.4 Å². The predicted octanol–water partition coefficient (Wildman–Crippen LogP) is 0.414. The third-order valence-corrected chi connectivity index (χ3v) is 8.30. The minimum absolute atomic E-state index is 0.124. The highest BCUT2D eigenvalue weighted by molar-refractivity contribution is 7.89. The summed E-state index contributed by atoms with van der Waals surface area (Å²) in [6.07, 6.45) is 1.20. The zero-order valence-corrected chi connectivity index (χ0v) is 22.8. The molecule has 0 aromatic heterocycles. The van der Waals surface area contributed by atoms with Crippen molar-refractivity contribution < 1.29 is 27.9 Å². The van der Waals surface area contributed by atoms with E-state index in [0.29, 0.717) is 24.8 Å². The van der Waals surface area contributed by atoms with E-state index in [2.05, 4.69) is 15.4 Å². The van der Waals surface area contributed by atoms with Gasteiger partial charge in [0.2, 0.25) is 15.9 Å². The Kier molecular flexibility index (Phi) is 10.1. The molecule has 2 aromatic rings. The van der Waals surface area contributed by atoms with E-state index in [1.54, 1.807) is 25.1 Å². The summed E-state index contributed by atoms with van der Waals surface area (Å²) < 4.78 is 29.1. The molecule has 3 unspecified atom stereocenters. The van der Waals surface area contributed by atoms with Crippen molar-refractivity contribution in [2.24, 2.45) is 5.73 Å². The van der Waals surface area contributed by atoms with Gasteiger partial charge in [0.1, 0.15) is 5.84 Å². The number of ketones is 1. The summed E-state index contributed by atoms with van der Waals surface area (Å²) in [4.78, 5) is 39.9. The number of aliphatic carboxylic acids is 1. The van der Waals surface area contributed by atoms with Gasteiger partial charge in [0.25, 0.3) is 0 Å². The van der Waals surface area contributed by atoms with Crippen LogP contribution >= 0.6 is 0 Å². The van der Waals surface area contributed by atoms with E-state index < -0.39 is 58.3 Å². The maximum absolute atomic E-state index is 13.4. The van der Waals surface area contributed by atoms with Gasteiger partial charge in [-0.05, 0) is 55.3 Å². The number of hydrogen-bond donors (Lipinski definition) is 6. The van der Waals surface area contributed by atoms with E-state index in [4.69, 9.17) is 11.1 Å². The summed E-state index contributed by atoms with van der Waals surface area (Å²) in [6.45, 7) is 2.62. The van der Waals surface area contributed by atoms with E-state index in [1.807, 2.05) is 12.1 Å². The fourth-order valence-corrected chi connectivity index (χ4v) is 5.94. The predicted molar refractivity (Wildman–Crippen MR) is 147 cm³/mol. The Labute approximate surface area is 227 Å². The average Bonchev–Trinajstić information content (AvgIpc) is 2.91. The SMILES string of the molecule is CCCN[C@H](C(=O)O)C(=O)C(CC(=O)N(C)C1CCCNC1C(=N)N)NS(=O)(=O)c1ccc2ccccc2c1. The molecule has 1 amide bonds. The van der Waals surface area contributed by atoms with Crippen LogP contribution in [0.2, 0.25) is 0 Å². The molecule has 7 N–H and O–H groups in total. The van der Waals surface area contributed by atoms with E-state index in [-0.39, 0.29) is 17.3 Å². The van der Waals surface area contributed by atoms with Crippen molar-refractivity contribution in [2.75, 3.05) is 20.1 Å². The number of sulfonamides is 1. The topological polar surface area (TPSA) is 195 Å². The van der Waals surface area contributed by atoms with Gasteiger partial charge in [0.05, 0.1) is 29.4 Å². The first-order chi connectivity index (χ1) is 18.5. The van der Waals surface area contributed by atoms with Crippen LogP contribution in [0, 0.1) is 5.41 Å². The highest BCUT2D eigenvalue weighted by Gasteiger charge is 2.39. The maximum Gasteiger partial charge on any atom is 0.328 e. The van der Waals surface area contributed by atoms with E-state index in [0.717, 1.165) is 11.8 Å². The molecule has 0 radical (unpaired) electrons. The number of carbonyl (C=O) groups is 3. The van der Waals surface area contributed by atoms with Crippen LogP contribution in [0.15, 0.2) is 47.4 Å². The lowest BCUT2D eigenvalue weighted by molar-refractivity contribution is -0.145. The van der Waals surface area contributed by atoms with Crippen molar-refractivity contribution in [1.29, 1.82) is 5.41 Å². The number of amidine groups is 1. The summed E-state index contributed by atoms with van der Waals surface area (Å²) in [7, 11) is -2.83. The number of carboxylic acid groups (broad SMARTS) is 1. The van der Waals surface area contributed by atoms with Gasteiger partial charge in [-0.15, -0.1) is 0 Å². The number of hydrogen-bond acceptors (Lipinski definition) is 8. The molecular formula is C26H36N6O6S. The maximum atomic E-state index is 13.4. The minimum Gasteiger partial charge on any atom is -0.480 e. The summed E-state index contributed by atoms with van der Waals surface area (Å²) >= 11 is 0. The Morgan fingerprint density at radius 1 is 1.21 bits per heavy atom. The van der Waals surface area contributed by atoms with Crippen LogP contribution in [0.3, 0.4) is 0 Å². The monoisotopic (exact) mass is 560 g/mol.